The summed E-state index contributed by atoms with van der Waals surface area (Å²) in [6.07, 6.45) is 5.55. The zero-order valence-corrected chi connectivity index (χ0v) is 18.6. The van der Waals surface area contributed by atoms with Crippen LogP contribution in [-0.4, -0.2) is 25.0 Å². The van der Waals surface area contributed by atoms with E-state index in [1.54, 1.807) is 11.3 Å². The highest BCUT2D eigenvalue weighted by Gasteiger charge is 2.30. The van der Waals surface area contributed by atoms with Crippen LogP contribution in [0.2, 0.25) is 5.02 Å². The number of aryl methyl sites for hydroxylation is 1. The molecule has 5 nitrogen and oxygen atoms in total. The van der Waals surface area contributed by atoms with Crippen LogP contribution in [-0.2, 0) is 6.42 Å². The molecule has 31 heavy (non-hydrogen) atoms. The molecule has 2 aromatic carbocycles. The fourth-order valence-electron chi connectivity index (χ4n) is 4.24. The van der Waals surface area contributed by atoms with E-state index < -0.39 is 0 Å². The van der Waals surface area contributed by atoms with Crippen molar-refractivity contribution in [2.24, 2.45) is 0 Å². The van der Waals surface area contributed by atoms with Crippen molar-refractivity contribution < 1.29 is 0 Å². The van der Waals surface area contributed by atoms with E-state index in [1.165, 1.54) is 23.4 Å². The zero-order chi connectivity index (χ0) is 20.9. The SMILES string of the molecule is Cc1nnc2n1-c1ccccc1C(c1ccc(Cl)cc1)=CC2Cc1nnc(C2CC2)s1. The molecular weight excluding hydrogens is 426 g/mol. The van der Waals surface area contributed by atoms with E-state index in [0.717, 1.165) is 44.9 Å². The number of halogens is 1. The zero-order valence-electron chi connectivity index (χ0n) is 17.0. The maximum Gasteiger partial charge on any atom is 0.145 e. The van der Waals surface area contributed by atoms with Crippen molar-refractivity contribution in [3.8, 4) is 5.69 Å². The van der Waals surface area contributed by atoms with Gasteiger partial charge >= 0.3 is 0 Å². The van der Waals surface area contributed by atoms with Gasteiger partial charge in [0.1, 0.15) is 21.7 Å². The summed E-state index contributed by atoms with van der Waals surface area (Å²) in [5.74, 6) is 2.49. The van der Waals surface area contributed by atoms with E-state index in [4.69, 9.17) is 11.6 Å². The second-order valence-electron chi connectivity index (χ2n) is 8.16. The van der Waals surface area contributed by atoms with Crippen molar-refractivity contribution in [2.75, 3.05) is 0 Å². The van der Waals surface area contributed by atoms with Crippen LogP contribution in [0.25, 0.3) is 11.3 Å². The molecule has 2 aliphatic rings. The molecule has 1 saturated carbocycles. The number of para-hydroxylation sites is 1. The molecule has 7 heteroatoms. The monoisotopic (exact) mass is 445 g/mol. The first-order valence-electron chi connectivity index (χ1n) is 10.5. The Labute approximate surface area is 189 Å². The number of hydrogen-bond donors (Lipinski definition) is 0. The lowest BCUT2D eigenvalue weighted by Crippen LogP contribution is -2.08. The van der Waals surface area contributed by atoms with Gasteiger partial charge in [0.2, 0.25) is 0 Å². The van der Waals surface area contributed by atoms with E-state index >= 15 is 0 Å². The standard InChI is InChI=1S/C24H20ClN5S/c1-14-26-28-23-17(13-22-27-29-24(31-22)16-6-7-16)12-20(15-8-10-18(25)11-9-15)19-4-2-3-5-21(19)30(14)23/h2-5,8-12,16-17H,6-7,13H2,1H3. The fraction of sp³-hybridized carbons (Fsp3) is 0.250. The lowest BCUT2D eigenvalue weighted by atomic mass is 9.93. The summed E-state index contributed by atoms with van der Waals surface area (Å²) in [5, 5.41) is 20.9. The van der Waals surface area contributed by atoms with Crippen molar-refractivity contribution in [3.05, 3.63) is 92.4 Å². The molecule has 1 unspecified atom stereocenters. The highest BCUT2D eigenvalue weighted by Crippen LogP contribution is 2.42. The molecule has 154 valence electrons. The Balaban J connectivity index is 1.51. The second kappa shape index (κ2) is 7.39. The number of aromatic nitrogens is 5. The van der Waals surface area contributed by atoms with Crippen LogP contribution >= 0.6 is 22.9 Å². The fourth-order valence-corrected chi connectivity index (χ4v) is 5.44. The van der Waals surface area contributed by atoms with Gasteiger partial charge in [-0.15, -0.1) is 31.7 Å². The van der Waals surface area contributed by atoms with Gasteiger partial charge in [-0.2, -0.15) is 0 Å². The van der Waals surface area contributed by atoms with E-state index in [-0.39, 0.29) is 5.92 Å². The van der Waals surface area contributed by atoms with Crippen LogP contribution in [0.1, 0.15) is 57.5 Å². The lowest BCUT2D eigenvalue weighted by molar-refractivity contribution is 0.727. The first-order chi connectivity index (χ1) is 15.2. The van der Waals surface area contributed by atoms with E-state index in [1.807, 2.05) is 19.1 Å². The van der Waals surface area contributed by atoms with Crippen molar-refractivity contribution in [2.45, 2.75) is 38.0 Å². The Morgan fingerprint density at radius 3 is 2.61 bits per heavy atom. The minimum Gasteiger partial charge on any atom is -0.282 e. The van der Waals surface area contributed by atoms with Crippen LogP contribution in [0.4, 0.5) is 0 Å². The first kappa shape index (κ1) is 18.9. The average Bonchev–Trinajstić information content (AvgIpc) is 3.44. The number of benzene rings is 2. The first-order valence-corrected chi connectivity index (χ1v) is 11.7. The molecule has 2 aromatic heterocycles. The van der Waals surface area contributed by atoms with Gasteiger partial charge < -0.3 is 0 Å². The second-order valence-corrected chi connectivity index (χ2v) is 9.69. The highest BCUT2D eigenvalue weighted by atomic mass is 35.5. The van der Waals surface area contributed by atoms with Gasteiger partial charge in [-0.25, -0.2) is 0 Å². The molecule has 3 heterocycles. The quantitative estimate of drug-likeness (QED) is 0.402. The maximum absolute atomic E-state index is 6.17. The maximum atomic E-state index is 6.17. The minimum absolute atomic E-state index is 0.0410. The molecule has 0 bridgehead atoms. The van der Waals surface area contributed by atoms with Crippen molar-refractivity contribution in [1.29, 1.82) is 0 Å². The van der Waals surface area contributed by atoms with Crippen molar-refractivity contribution in [3.63, 3.8) is 0 Å². The summed E-state index contributed by atoms with van der Waals surface area (Å²) in [5.41, 5.74) is 4.57. The summed E-state index contributed by atoms with van der Waals surface area (Å²) in [4.78, 5) is 0. The van der Waals surface area contributed by atoms with Gasteiger partial charge in [0.05, 0.1) is 5.69 Å². The number of allylic oxidation sites excluding steroid dienone is 1. The predicted octanol–water partition coefficient (Wildman–Crippen LogP) is 5.73. The van der Waals surface area contributed by atoms with E-state index in [2.05, 4.69) is 67.4 Å². The summed E-state index contributed by atoms with van der Waals surface area (Å²) in [6.45, 7) is 2.01. The molecule has 0 radical (unpaired) electrons. The molecule has 1 aliphatic carbocycles. The van der Waals surface area contributed by atoms with Gasteiger partial charge in [0, 0.05) is 28.8 Å². The molecule has 0 saturated heterocycles. The largest absolute Gasteiger partial charge is 0.282 e. The Morgan fingerprint density at radius 2 is 1.81 bits per heavy atom. The number of fused-ring (bicyclic) bond motifs is 3. The lowest BCUT2D eigenvalue weighted by Gasteiger charge is -2.13. The summed E-state index contributed by atoms with van der Waals surface area (Å²) in [7, 11) is 0. The Kier molecular flexibility index (Phi) is 4.51. The predicted molar refractivity (Wildman–Crippen MR) is 123 cm³/mol. The summed E-state index contributed by atoms with van der Waals surface area (Å²) in [6, 6.07) is 16.5. The van der Waals surface area contributed by atoms with Gasteiger partial charge in [0.15, 0.2) is 0 Å². The third-order valence-electron chi connectivity index (χ3n) is 5.94. The van der Waals surface area contributed by atoms with Crippen LogP contribution < -0.4 is 0 Å². The summed E-state index contributed by atoms with van der Waals surface area (Å²) >= 11 is 7.91. The molecule has 6 rings (SSSR count). The molecule has 0 amide bonds. The van der Waals surface area contributed by atoms with Gasteiger partial charge in [-0.05, 0) is 49.1 Å². The molecular formula is C24H20ClN5S. The van der Waals surface area contributed by atoms with Crippen LogP contribution in [0.3, 0.4) is 0 Å². The topological polar surface area (TPSA) is 56.5 Å². The number of nitrogens with zero attached hydrogens (tertiary/aromatic N) is 5. The van der Waals surface area contributed by atoms with Crippen molar-refractivity contribution in [1.82, 2.24) is 25.0 Å². The average molecular weight is 446 g/mol. The molecule has 0 spiro atoms. The Hall–Kier alpha value is -2.83. The third-order valence-corrected chi connectivity index (χ3v) is 7.30. The smallest absolute Gasteiger partial charge is 0.145 e. The normalized spacial score (nSPS) is 17.6. The van der Waals surface area contributed by atoms with Gasteiger partial charge in [-0.3, -0.25) is 4.57 Å². The molecule has 4 aromatic rings. The Bertz CT molecular complexity index is 1300. The summed E-state index contributed by atoms with van der Waals surface area (Å²) < 4.78 is 2.18. The minimum atomic E-state index is 0.0410. The van der Waals surface area contributed by atoms with E-state index in [9.17, 15) is 0 Å². The van der Waals surface area contributed by atoms with Crippen LogP contribution in [0.15, 0.2) is 54.6 Å². The third kappa shape index (κ3) is 3.40. The van der Waals surface area contributed by atoms with Crippen LogP contribution in [0, 0.1) is 6.92 Å². The molecule has 1 aliphatic heterocycles. The van der Waals surface area contributed by atoms with Crippen molar-refractivity contribution >= 4 is 28.5 Å². The highest BCUT2D eigenvalue weighted by molar-refractivity contribution is 7.11. The number of hydrogen-bond acceptors (Lipinski definition) is 5. The Morgan fingerprint density at radius 1 is 1.00 bits per heavy atom. The van der Waals surface area contributed by atoms with Crippen LogP contribution in [0.5, 0.6) is 0 Å². The van der Waals surface area contributed by atoms with E-state index in [0.29, 0.717) is 5.92 Å². The number of rotatable bonds is 4. The molecule has 1 atom stereocenters. The van der Waals surface area contributed by atoms with Gasteiger partial charge in [0.25, 0.3) is 0 Å². The molecule has 0 N–H and O–H groups in total. The van der Waals surface area contributed by atoms with Gasteiger partial charge in [-0.1, -0.05) is 48.0 Å². The molecule has 1 fully saturated rings.